The molecule has 6 nitrogen and oxygen atoms in total. The lowest BCUT2D eigenvalue weighted by Gasteiger charge is -2.00. The van der Waals surface area contributed by atoms with Gasteiger partial charge in [-0.15, -0.1) is 17.0 Å². The second-order valence-electron chi connectivity index (χ2n) is 3.68. The first-order chi connectivity index (χ1) is 7.81. The molecule has 2 aromatic heterocycles. The van der Waals surface area contributed by atoms with Gasteiger partial charge in [0.1, 0.15) is 11.8 Å². The zero-order chi connectivity index (χ0) is 11.4. The SMILES string of the molecule is Br.CCCCCNc1nc2ncnc(N)c2[nH]1. The highest BCUT2D eigenvalue weighted by Crippen LogP contribution is 2.15. The molecule has 0 radical (unpaired) electrons. The summed E-state index contributed by atoms with van der Waals surface area (Å²) in [6, 6.07) is 0. The molecule has 0 spiro atoms. The number of hydrogen-bond donors (Lipinski definition) is 3. The van der Waals surface area contributed by atoms with Crippen LogP contribution in [0.25, 0.3) is 11.2 Å². The molecule has 0 saturated heterocycles. The normalized spacial score (nSPS) is 10.2. The van der Waals surface area contributed by atoms with Gasteiger partial charge in [0.2, 0.25) is 5.95 Å². The summed E-state index contributed by atoms with van der Waals surface area (Å²) in [4.78, 5) is 15.3. The third-order valence-electron chi connectivity index (χ3n) is 2.39. The van der Waals surface area contributed by atoms with E-state index < -0.39 is 0 Å². The van der Waals surface area contributed by atoms with Crippen LogP contribution in [0, 0.1) is 0 Å². The van der Waals surface area contributed by atoms with Crippen LogP contribution >= 0.6 is 17.0 Å². The van der Waals surface area contributed by atoms with Gasteiger partial charge in [-0.3, -0.25) is 0 Å². The zero-order valence-electron chi connectivity index (χ0n) is 9.73. The number of nitrogens with two attached hydrogens (primary N) is 1. The Balaban J connectivity index is 0.00000144. The maximum Gasteiger partial charge on any atom is 0.202 e. The fourth-order valence-corrected chi connectivity index (χ4v) is 1.51. The molecule has 0 aliphatic heterocycles. The molecule has 2 rings (SSSR count). The van der Waals surface area contributed by atoms with Crippen molar-refractivity contribution in [1.29, 1.82) is 0 Å². The largest absolute Gasteiger partial charge is 0.382 e. The van der Waals surface area contributed by atoms with Gasteiger partial charge in [0, 0.05) is 6.54 Å². The minimum Gasteiger partial charge on any atom is -0.382 e. The number of aromatic nitrogens is 4. The maximum atomic E-state index is 5.70. The van der Waals surface area contributed by atoms with Crippen LogP contribution in [0.4, 0.5) is 11.8 Å². The number of H-pyrrole nitrogens is 1. The van der Waals surface area contributed by atoms with Gasteiger partial charge < -0.3 is 16.0 Å². The first kappa shape index (κ1) is 13.7. The van der Waals surface area contributed by atoms with Crippen molar-refractivity contribution in [1.82, 2.24) is 19.9 Å². The Morgan fingerprint density at radius 1 is 1.35 bits per heavy atom. The molecule has 0 saturated carbocycles. The van der Waals surface area contributed by atoms with E-state index in [2.05, 4.69) is 32.2 Å². The Bertz CT molecular complexity index is 469. The second-order valence-corrected chi connectivity index (χ2v) is 3.68. The minimum absolute atomic E-state index is 0. The van der Waals surface area contributed by atoms with Crippen LogP contribution < -0.4 is 11.1 Å². The number of aromatic amines is 1. The molecule has 94 valence electrons. The second kappa shape index (κ2) is 6.39. The van der Waals surface area contributed by atoms with Crippen molar-refractivity contribution in [3.8, 4) is 0 Å². The molecule has 0 unspecified atom stereocenters. The summed E-state index contributed by atoms with van der Waals surface area (Å²) >= 11 is 0. The highest BCUT2D eigenvalue weighted by atomic mass is 79.9. The molecule has 17 heavy (non-hydrogen) atoms. The van der Waals surface area contributed by atoms with E-state index in [-0.39, 0.29) is 17.0 Å². The zero-order valence-corrected chi connectivity index (χ0v) is 11.4. The van der Waals surface area contributed by atoms with Crippen molar-refractivity contribution >= 4 is 39.9 Å². The number of anilines is 2. The van der Waals surface area contributed by atoms with Gasteiger partial charge in [0.25, 0.3) is 0 Å². The first-order valence-corrected chi connectivity index (χ1v) is 5.51. The van der Waals surface area contributed by atoms with Gasteiger partial charge in [0.05, 0.1) is 0 Å². The van der Waals surface area contributed by atoms with Crippen LogP contribution in [0.1, 0.15) is 26.2 Å². The Kier molecular flexibility index (Phi) is 5.14. The smallest absolute Gasteiger partial charge is 0.202 e. The highest BCUT2D eigenvalue weighted by molar-refractivity contribution is 8.93. The third-order valence-corrected chi connectivity index (χ3v) is 2.39. The summed E-state index contributed by atoms with van der Waals surface area (Å²) in [7, 11) is 0. The summed E-state index contributed by atoms with van der Waals surface area (Å²) in [5.74, 6) is 1.14. The number of rotatable bonds is 5. The molecular formula is C10H17BrN6. The van der Waals surface area contributed by atoms with Crippen molar-refractivity contribution in [3.63, 3.8) is 0 Å². The Morgan fingerprint density at radius 2 is 2.18 bits per heavy atom. The topological polar surface area (TPSA) is 92.5 Å². The number of nitrogens with zero attached hydrogens (tertiary/aromatic N) is 3. The van der Waals surface area contributed by atoms with E-state index in [0.717, 1.165) is 13.0 Å². The summed E-state index contributed by atoms with van der Waals surface area (Å²) in [6.45, 7) is 3.08. The predicted octanol–water partition coefficient (Wildman–Crippen LogP) is 2.12. The van der Waals surface area contributed by atoms with Crippen LogP contribution in [-0.4, -0.2) is 26.5 Å². The monoisotopic (exact) mass is 300 g/mol. The minimum atomic E-state index is 0. The molecule has 0 aliphatic rings. The molecule has 2 heterocycles. The van der Waals surface area contributed by atoms with Crippen LogP contribution in [0.5, 0.6) is 0 Å². The van der Waals surface area contributed by atoms with E-state index in [0.29, 0.717) is 22.9 Å². The highest BCUT2D eigenvalue weighted by Gasteiger charge is 2.06. The van der Waals surface area contributed by atoms with Crippen molar-refractivity contribution < 1.29 is 0 Å². The molecule has 0 aromatic carbocycles. The van der Waals surface area contributed by atoms with E-state index in [1.807, 2.05) is 0 Å². The van der Waals surface area contributed by atoms with Crippen molar-refractivity contribution in [2.75, 3.05) is 17.6 Å². The molecule has 2 aromatic rings. The van der Waals surface area contributed by atoms with E-state index in [9.17, 15) is 0 Å². The molecule has 7 heteroatoms. The fraction of sp³-hybridized carbons (Fsp3) is 0.500. The quantitative estimate of drug-likeness (QED) is 0.736. The number of fused-ring (bicyclic) bond motifs is 1. The van der Waals surface area contributed by atoms with Gasteiger partial charge in [-0.2, -0.15) is 4.98 Å². The van der Waals surface area contributed by atoms with Crippen LogP contribution in [0.15, 0.2) is 6.33 Å². The number of nitrogens with one attached hydrogen (secondary N) is 2. The lowest BCUT2D eigenvalue weighted by Crippen LogP contribution is -2.02. The summed E-state index contributed by atoms with van der Waals surface area (Å²) in [6.07, 6.45) is 4.98. The lowest BCUT2D eigenvalue weighted by molar-refractivity contribution is 0.741. The Hall–Kier alpha value is -1.37. The average molecular weight is 301 g/mol. The third kappa shape index (κ3) is 3.29. The summed E-state index contributed by atoms with van der Waals surface area (Å²) in [5.41, 5.74) is 6.99. The lowest BCUT2D eigenvalue weighted by atomic mass is 10.2. The Labute approximate surface area is 110 Å². The molecular weight excluding hydrogens is 284 g/mol. The standard InChI is InChI=1S/C10H16N6.BrH/c1-2-3-4-5-12-10-15-7-8(11)13-6-14-9(7)16-10;/h6H,2-5H2,1H3,(H4,11,12,13,14,15,16);1H. The summed E-state index contributed by atoms with van der Waals surface area (Å²) in [5, 5.41) is 3.21. The van der Waals surface area contributed by atoms with Crippen molar-refractivity contribution in [2.24, 2.45) is 0 Å². The van der Waals surface area contributed by atoms with Gasteiger partial charge in [0.15, 0.2) is 11.5 Å². The van der Waals surface area contributed by atoms with Gasteiger partial charge in [-0.05, 0) is 6.42 Å². The molecule has 0 amide bonds. The fourth-order valence-electron chi connectivity index (χ4n) is 1.51. The average Bonchev–Trinajstić information content (AvgIpc) is 2.69. The molecule has 0 fully saturated rings. The van der Waals surface area contributed by atoms with Crippen LogP contribution in [-0.2, 0) is 0 Å². The predicted molar refractivity (Wildman–Crippen MR) is 74.4 cm³/mol. The molecule has 4 N–H and O–H groups in total. The number of nitrogen functional groups attached to an aromatic ring is 1. The van der Waals surface area contributed by atoms with E-state index in [4.69, 9.17) is 5.73 Å². The van der Waals surface area contributed by atoms with Crippen molar-refractivity contribution in [3.05, 3.63) is 6.33 Å². The maximum absolute atomic E-state index is 5.70. The van der Waals surface area contributed by atoms with E-state index >= 15 is 0 Å². The van der Waals surface area contributed by atoms with Crippen LogP contribution in [0.3, 0.4) is 0 Å². The molecule has 0 bridgehead atoms. The molecule has 0 atom stereocenters. The first-order valence-electron chi connectivity index (χ1n) is 5.51. The van der Waals surface area contributed by atoms with E-state index in [1.165, 1.54) is 19.2 Å². The van der Waals surface area contributed by atoms with Crippen molar-refractivity contribution in [2.45, 2.75) is 26.2 Å². The van der Waals surface area contributed by atoms with Gasteiger partial charge in [-0.25, -0.2) is 9.97 Å². The van der Waals surface area contributed by atoms with Gasteiger partial charge >= 0.3 is 0 Å². The Morgan fingerprint density at radius 3 is 2.88 bits per heavy atom. The molecule has 0 aliphatic carbocycles. The number of unbranched alkanes of at least 4 members (excludes halogenated alkanes) is 2. The number of hydrogen-bond acceptors (Lipinski definition) is 5. The number of halogens is 1. The van der Waals surface area contributed by atoms with E-state index in [1.54, 1.807) is 0 Å². The van der Waals surface area contributed by atoms with Gasteiger partial charge in [-0.1, -0.05) is 19.8 Å². The van der Waals surface area contributed by atoms with Crippen LogP contribution in [0.2, 0.25) is 0 Å². The summed E-state index contributed by atoms with van der Waals surface area (Å²) < 4.78 is 0. The number of imidazole rings is 1.